The molecule has 0 saturated carbocycles. The minimum absolute atomic E-state index is 0.0364. The molecule has 144 valence electrons. The standard InChI is InChI=1S/C23H20N4OS/c1-23(2)10-17-21(18(28)11-23)20(19-8-5-9-29-19)15(13-25)22(26)27(17)16-7-4-3-6-14(16)12-24/h3-9,20H,10-11,26H2,1-2H3. The summed E-state index contributed by atoms with van der Waals surface area (Å²) in [6, 6.07) is 15.5. The van der Waals surface area contributed by atoms with E-state index in [9.17, 15) is 15.3 Å². The van der Waals surface area contributed by atoms with Crippen molar-refractivity contribution in [2.45, 2.75) is 32.6 Å². The molecule has 1 aliphatic heterocycles. The number of carbonyl (C=O) groups excluding carboxylic acids is 1. The molecule has 2 heterocycles. The summed E-state index contributed by atoms with van der Waals surface area (Å²) in [5, 5.41) is 21.6. The molecule has 6 heteroatoms. The van der Waals surface area contributed by atoms with Gasteiger partial charge in [0.25, 0.3) is 0 Å². The maximum absolute atomic E-state index is 13.3. The molecular formula is C23H20N4OS. The predicted octanol–water partition coefficient (Wildman–Crippen LogP) is 4.56. The van der Waals surface area contributed by atoms with Crippen molar-refractivity contribution < 1.29 is 4.79 Å². The number of thiophene rings is 1. The Hall–Kier alpha value is -3.35. The summed E-state index contributed by atoms with van der Waals surface area (Å²) < 4.78 is 0. The molecule has 0 fully saturated rings. The van der Waals surface area contributed by atoms with Crippen molar-refractivity contribution in [3.8, 4) is 12.1 Å². The Morgan fingerprint density at radius 2 is 1.90 bits per heavy atom. The number of ketones is 1. The van der Waals surface area contributed by atoms with Gasteiger partial charge in [-0.15, -0.1) is 11.3 Å². The van der Waals surface area contributed by atoms with E-state index in [2.05, 4.69) is 26.0 Å². The first-order chi connectivity index (χ1) is 13.9. The highest BCUT2D eigenvalue weighted by molar-refractivity contribution is 7.10. The SMILES string of the molecule is CC1(C)CC(=O)C2=C(C1)N(c1ccccc1C#N)C(N)=C(C#N)C2c1cccs1. The third-order valence-electron chi connectivity index (χ3n) is 5.47. The molecule has 2 aromatic rings. The van der Waals surface area contributed by atoms with E-state index in [1.54, 1.807) is 17.0 Å². The maximum atomic E-state index is 13.3. The second-order valence-electron chi connectivity index (χ2n) is 8.12. The molecule has 2 N–H and O–H groups in total. The molecule has 1 aromatic heterocycles. The Morgan fingerprint density at radius 3 is 2.55 bits per heavy atom. The lowest BCUT2D eigenvalue weighted by molar-refractivity contribution is -0.118. The van der Waals surface area contributed by atoms with Crippen molar-refractivity contribution in [2.75, 3.05) is 4.90 Å². The number of nitrogens with two attached hydrogens (primary N) is 1. The molecule has 1 aliphatic carbocycles. The molecule has 29 heavy (non-hydrogen) atoms. The number of hydrogen-bond donors (Lipinski definition) is 1. The van der Waals surface area contributed by atoms with Crippen LogP contribution < -0.4 is 10.6 Å². The topological polar surface area (TPSA) is 93.9 Å². The largest absolute Gasteiger partial charge is 0.384 e. The van der Waals surface area contributed by atoms with E-state index in [1.165, 1.54) is 11.3 Å². The summed E-state index contributed by atoms with van der Waals surface area (Å²) in [7, 11) is 0. The van der Waals surface area contributed by atoms with Crippen molar-refractivity contribution in [3.05, 3.63) is 74.9 Å². The van der Waals surface area contributed by atoms with E-state index in [1.807, 2.05) is 29.6 Å². The van der Waals surface area contributed by atoms with Gasteiger partial charge in [-0.25, -0.2) is 0 Å². The summed E-state index contributed by atoms with van der Waals surface area (Å²) in [5.41, 5.74) is 9.15. The number of carbonyl (C=O) groups is 1. The fraction of sp³-hybridized carbons (Fsp3) is 0.261. The van der Waals surface area contributed by atoms with Crippen LogP contribution in [0, 0.1) is 28.1 Å². The minimum Gasteiger partial charge on any atom is -0.384 e. The van der Waals surface area contributed by atoms with Crippen LogP contribution in [0.3, 0.4) is 0 Å². The van der Waals surface area contributed by atoms with Gasteiger partial charge >= 0.3 is 0 Å². The zero-order valence-electron chi connectivity index (χ0n) is 16.3. The normalized spacial score (nSPS) is 20.9. The highest BCUT2D eigenvalue weighted by Crippen LogP contribution is 2.51. The van der Waals surface area contributed by atoms with Crippen molar-refractivity contribution in [1.29, 1.82) is 10.5 Å². The molecule has 5 nitrogen and oxygen atoms in total. The first-order valence-electron chi connectivity index (χ1n) is 9.36. The first-order valence-corrected chi connectivity index (χ1v) is 10.2. The third-order valence-corrected chi connectivity index (χ3v) is 6.41. The van der Waals surface area contributed by atoms with E-state index in [-0.39, 0.29) is 17.0 Å². The lowest BCUT2D eigenvalue weighted by Crippen LogP contribution is -2.42. The summed E-state index contributed by atoms with van der Waals surface area (Å²) in [4.78, 5) is 16.0. The van der Waals surface area contributed by atoms with E-state index < -0.39 is 5.92 Å². The van der Waals surface area contributed by atoms with Gasteiger partial charge in [0.1, 0.15) is 11.9 Å². The Balaban J connectivity index is 2.04. The molecule has 1 atom stereocenters. The number of Topliss-reactive ketones (excluding diaryl/α,β-unsaturated/α-hetero) is 1. The van der Waals surface area contributed by atoms with Gasteiger partial charge in [-0.05, 0) is 35.4 Å². The number of nitrogens with zero attached hydrogens (tertiary/aromatic N) is 3. The Bertz CT molecular complexity index is 1140. The maximum Gasteiger partial charge on any atom is 0.162 e. The summed E-state index contributed by atoms with van der Waals surface area (Å²) >= 11 is 1.51. The zero-order chi connectivity index (χ0) is 20.8. The quantitative estimate of drug-likeness (QED) is 0.797. The van der Waals surface area contributed by atoms with Crippen molar-refractivity contribution in [2.24, 2.45) is 11.1 Å². The fourth-order valence-electron chi connectivity index (χ4n) is 4.29. The number of nitriles is 2. The molecular weight excluding hydrogens is 380 g/mol. The van der Waals surface area contributed by atoms with Gasteiger partial charge in [-0.2, -0.15) is 10.5 Å². The van der Waals surface area contributed by atoms with E-state index in [4.69, 9.17) is 5.73 Å². The highest BCUT2D eigenvalue weighted by Gasteiger charge is 2.45. The number of anilines is 1. The Kier molecular flexibility index (Phi) is 4.53. The monoisotopic (exact) mass is 400 g/mol. The molecule has 0 radical (unpaired) electrons. The van der Waals surface area contributed by atoms with Crippen LogP contribution in [0.1, 0.15) is 43.0 Å². The van der Waals surface area contributed by atoms with Gasteiger partial charge in [-0.1, -0.05) is 32.0 Å². The van der Waals surface area contributed by atoms with Crippen LogP contribution in [-0.2, 0) is 4.79 Å². The van der Waals surface area contributed by atoms with Crippen LogP contribution >= 0.6 is 11.3 Å². The van der Waals surface area contributed by atoms with Crippen LogP contribution in [0.15, 0.2) is 64.4 Å². The second-order valence-corrected chi connectivity index (χ2v) is 9.10. The van der Waals surface area contributed by atoms with Gasteiger partial charge in [0.2, 0.25) is 0 Å². The molecule has 0 bridgehead atoms. The van der Waals surface area contributed by atoms with Gasteiger partial charge in [-0.3, -0.25) is 9.69 Å². The van der Waals surface area contributed by atoms with Gasteiger partial charge in [0.15, 0.2) is 5.78 Å². The van der Waals surface area contributed by atoms with Crippen LogP contribution in [0.2, 0.25) is 0 Å². The molecule has 2 aliphatic rings. The summed E-state index contributed by atoms with van der Waals surface area (Å²) in [6.07, 6.45) is 1.05. The lowest BCUT2D eigenvalue weighted by Gasteiger charge is -2.43. The number of allylic oxidation sites excluding steroid dienone is 3. The van der Waals surface area contributed by atoms with Crippen LogP contribution in [0.25, 0.3) is 0 Å². The average molecular weight is 401 g/mol. The Morgan fingerprint density at radius 1 is 1.14 bits per heavy atom. The predicted molar refractivity (Wildman–Crippen MR) is 113 cm³/mol. The minimum atomic E-state index is -0.455. The first kappa shape index (κ1) is 19.0. The lowest BCUT2D eigenvalue weighted by atomic mass is 9.69. The van der Waals surface area contributed by atoms with Crippen molar-refractivity contribution >= 4 is 22.8 Å². The molecule has 1 unspecified atom stereocenters. The molecule has 4 rings (SSSR count). The molecule has 0 saturated heterocycles. The van der Waals surface area contributed by atoms with Crippen LogP contribution in [0.4, 0.5) is 5.69 Å². The van der Waals surface area contributed by atoms with Crippen LogP contribution in [0.5, 0.6) is 0 Å². The number of benzene rings is 1. The van der Waals surface area contributed by atoms with Crippen molar-refractivity contribution in [3.63, 3.8) is 0 Å². The highest BCUT2D eigenvalue weighted by atomic mass is 32.1. The molecule has 0 amide bonds. The fourth-order valence-corrected chi connectivity index (χ4v) is 5.13. The molecule has 1 aromatic carbocycles. The van der Waals surface area contributed by atoms with Crippen molar-refractivity contribution in [1.82, 2.24) is 0 Å². The van der Waals surface area contributed by atoms with Gasteiger partial charge < -0.3 is 5.73 Å². The zero-order valence-corrected chi connectivity index (χ0v) is 17.1. The number of para-hydroxylation sites is 1. The number of hydrogen-bond acceptors (Lipinski definition) is 6. The average Bonchev–Trinajstić information content (AvgIpc) is 3.20. The van der Waals surface area contributed by atoms with Gasteiger partial charge in [0.05, 0.1) is 28.8 Å². The van der Waals surface area contributed by atoms with E-state index in [0.717, 1.165) is 10.6 Å². The summed E-state index contributed by atoms with van der Waals surface area (Å²) in [5.74, 6) is -0.128. The second kappa shape index (κ2) is 6.92. The number of rotatable bonds is 2. The van der Waals surface area contributed by atoms with Gasteiger partial charge in [0, 0.05) is 22.6 Å². The van der Waals surface area contributed by atoms with E-state index in [0.29, 0.717) is 35.2 Å². The van der Waals surface area contributed by atoms with Crippen LogP contribution in [-0.4, -0.2) is 5.78 Å². The smallest absolute Gasteiger partial charge is 0.162 e. The molecule has 0 spiro atoms. The summed E-state index contributed by atoms with van der Waals surface area (Å²) in [6.45, 7) is 4.12. The Labute approximate surface area is 174 Å². The third kappa shape index (κ3) is 3.03. The van der Waals surface area contributed by atoms with E-state index >= 15 is 0 Å².